The van der Waals surface area contributed by atoms with Crippen LogP contribution in [0.3, 0.4) is 0 Å². The summed E-state index contributed by atoms with van der Waals surface area (Å²) in [5, 5.41) is 0.196. The van der Waals surface area contributed by atoms with Crippen molar-refractivity contribution in [1.29, 1.82) is 0 Å². The molecule has 174 valence electrons. The van der Waals surface area contributed by atoms with Crippen LogP contribution in [-0.4, -0.2) is 59.7 Å². The first kappa shape index (κ1) is 21.7. The van der Waals surface area contributed by atoms with Crippen LogP contribution in [0.25, 0.3) is 10.9 Å². The first-order chi connectivity index (χ1) is 15.8. The summed E-state index contributed by atoms with van der Waals surface area (Å²) < 4.78 is 41.1. The molecule has 0 saturated carbocycles. The molecule has 2 aromatic carbocycles. The van der Waals surface area contributed by atoms with Crippen LogP contribution >= 0.6 is 0 Å². The molecule has 33 heavy (non-hydrogen) atoms. The van der Waals surface area contributed by atoms with E-state index in [-0.39, 0.29) is 17.1 Å². The topological polar surface area (TPSA) is 103 Å². The fourth-order valence-corrected chi connectivity index (χ4v) is 5.76. The number of hydrogen-bond donors (Lipinski definition) is 0. The van der Waals surface area contributed by atoms with Crippen LogP contribution in [-0.2, 0) is 30.7 Å². The van der Waals surface area contributed by atoms with Crippen molar-refractivity contribution < 1.29 is 17.9 Å². The van der Waals surface area contributed by atoms with Crippen LogP contribution in [0.15, 0.2) is 50.9 Å². The molecule has 0 bridgehead atoms. The summed E-state index contributed by atoms with van der Waals surface area (Å²) in [6, 6.07) is 10.2. The largest absolute Gasteiger partial charge is 0.454 e. The minimum atomic E-state index is -3.78. The quantitative estimate of drug-likeness (QED) is 0.544. The van der Waals surface area contributed by atoms with Crippen molar-refractivity contribution in [3.8, 4) is 11.5 Å². The average molecular weight is 473 g/mol. The van der Waals surface area contributed by atoms with Crippen LogP contribution in [0, 0.1) is 0 Å². The summed E-state index contributed by atoms with van der Waals surface area (Å²) in [5.74, 6) is 1.47. The smallest absolute Gasteiger partial charge is 0.330 e. The Morgan fingerprint density at radius 2 is 1.61 bits per heavy atom. The number of aryl methyl sites for hydroxylation is 1. The third-order valence-corrected chi connectivity index (χ3v) is 8.15. The number of nitrogens with zero attached hydrogens (tertiary/aromatic N) is 4. The molecule has 2 aliphatic rings. The predicted molar refractivity (Wildman–Crippen MR) is 121 cm³/mol. The Hall–Kier alpha value is -3.15. The number of piperazine rings is 1. The SMILES string of the molecule is Cn1c(=O)c2cc(S(=O)(=O)N3CCN(Cc4ccc5c(c4)OCO5)CC3)ccc2n(C)c1=O. The highest BCUT2D eigenvalue weighted by molar-refractivity contribution is 7.89. The van der Waals surface area contributed by atoms with Gasteiger partial charge in [-0.3, -0.25) is 18.8 Å². The van der Waals surface area contributed by atoms with Gasteiger partial charge < -0.3 is 9.47 Å². The number of ether oxygens (including phenoxy) is 2. The van der Waals surface area contributed by atoms with Gasteiger partial charge in [0.1, 0.15) is 0 Å². The number of benzene rings is 2. The maximum Gasteiger partial charge on any atom is 0.330 e. The Bertz CT molecular complexity index is 1470. The Kier molecular flexibility index (Phi) is 5.26. The third kappa shape index (κ3) is 3.71. The summed E-state index contributed by atoms with van der Waals surface area (Å²) in [5.41, 5.74) is 0.502. The molecule has 1 fully saturated rings. The third-order valence-electron chi connectivity index (χ3n) is 6.25. The lowest BCUT2D eigenvalue weighted by molar-refractivity contribution is 0.173. The van der Waals surface area contributed by atoms with Gasteiger partial charge in [0.05, 0.1) is 15.8 Å². The van der Waals surface area contributed by atoms with Crippen molar-refractivity contribution in [2.24, 2.45) is 14.1 Å². The van der Waals surface area contributed by atoms with Crippen molar-refractivity contribution in [2.45, 2.75) is 11.4 Å². The molecule has 11 heteroatoms. The number of aromatic nitrogens is 2. The van der Waals surface area contributed by atoms with Gasteiger partial charge in [-0.1, -0.05) is 6.07 Å². The molecule has 1 aromatic heterocycles. The van der Waals surface area contributed by atoms with Crippen LogP contribution < -0.4 is 20.7 Å². The van der Waals surface area contributed by atoms with Crippen LogP contribution in [0.1, 0.15) is 5.56 Å². The summed E-state index contributed by atoms with van der Waals surface area (Å²) in [6.45, 7) is 2.76. The maximum atomic E-state index is 13.3. The van der Waals surface area contributed by atoms with Crippen molar-refractivity contribution in [2.75, 3.05) is 33.0 Å². The van der Waals surface area contributed by atoms with Crippen molar-refractivity contribution in [3.05, 3.63) is 62.8 Å². The standard InChI is InChI=1S/C22H24N4O6S/c1-23-18-5-4-16(12-17(18)21(27)24(2)22(23)28)33(29,30)26-9-7-25(8-10-26)13-15-3-6-19-20(11-15)32-14-31-19/h3-6,11-12H,7-10,13-14H2,1-2H3. The van der Waals surface area contributed by atoms with Gasteiger partial charge in [0.25, 0.3) is 5.56 Å². The lowest BCUT2D eigenvalue weighted by Gasteiger charge is -2.34. The highest BCUT2D eigenvalue weighted by Crippen LogP contribution is 2.33. The van der Waals surface area contributed by atoms with Gasteiger partial charge >= 0.3 is 5.69 Å². The molecule has 0 amide bonds. The summed E-state index contributed by atoms with van der Waals surface area (Å²) in [7, 11) is -0.843. The Morgan fingerprint density at radius 3 is 2.36 bits per heavy atom. The van der Waals surface area contributed by atoms with E-state index in [1.165, 1.54) is 34.1 Å². The van der Waals surface area contributed by atoms with E-state index >= 15 is 0 Å². The summed E-state index contributed by atoms with van der Waals surface area (Å²) in [4.78, 5) is 26.9. The predicted octanol–water partition coefficient (Wildman–Crippen LogP) is 0.472. The second-order valence-electron chi connectivity index (χ2n) is 8.25. The molecule has 3 heterocycles. The Morgan fingerprint density at radius 1 is 0.879 bits per heavy atom. The van der Waals surface area contributed by atoms with E-state index in [1.807, 2.05) is 18.2 Å². The Balaban J connectivity index is 1.33. The fraction of sp³-hybridized carbons (Fsp3) is 0.364. The number of hydrogen-bond acceptors (Lipinski definition) is 7. The number of sulfonamides is 1. The van der Waals surface area contributed by atoms with Gasteiger partial charge in [-0.25, -0.2) is 13.2 Å². The highest BCUT2D eigenvalue weighted by atomic mass is 32.2. The minimum Gasteiger partial charge on any atom is -0.454 e. The molecule has 0 unspecified atom stereocenters. The van der Waals surface area contributed by atoms with Gasteiger partial charge in [0.15, 0.2) is 11.5 Å². The zero-order chi connectivity index (χ0) is 23.3. The molecular formula is C22H24N4O6S. The molecule has 10 nitrogen and oxygen atoms in total. The number of rotatable bonds is 4. The highest BCUT2D eigenvalue weighted by Gasteiger charge is 2.29. The van der Waals surface area contributed by atoms with Gasteiger partial charge in [0, 0.05) is 46.8 Å². The zero-order valence-corrected chi connectivity index (χ0v) is 19.2. The first-order valence-corrected chi connectivity index (χ1v) is 12.0. The molecule has 5 rings (SSSR count). The van der Waals surface area contributed by atoms with E-state index in [0.717, 1.165) is 21.6 Å². The molecular weight excluding hydrogens is 448 g/mol. The molecule has 0 spiro atoms. The van der Waals surface area contributed by atoms with Crippen LogP contribution in [0.5, 0.6) is 11.5 Å². The molecule has 0 atom stereocenters. The van der Waals surface area contributed by atoms with Gasteiger partial charge in [-0.2, -0.15) is 4.31 Å². The molecule has 3 aromatic rings. The van der Waals surface area contributed by atoms with E-state index in [4.69, 9.17) is 9.47 Å². The lowest BCUT2D eigenvalue weighted by Crippen LogP contribution is -2.48. The molecule has 0 N–H and O–H groups in total. The Labute approximate surface area is 190 Å². The van der Waals surface area contributed by atoms with E-state index in [0.29, 0.717) is 38.2 Å². The van der Waals surface area contributed by atoms with Crippen molar-refractivity contribution in [3.63, 3.8) is 0 Å². The average Bonchev–Trinajstić information content (AvgIpc) is 3.29. The van der Waals surface area contributed by atoms with Crippen LogP contribution in [0.2, 0.25) is 0 Å². The van der Waals surface area contributed by atoms with Crippen LogP contribution in [0.4, 0.5) is 0 Å². The first-order valence-electron chi connectivity index (χ1n) is 10.6. The monoisotopic (exact) mass is 472 g/mol. The van der Waals surface area contributed by atoms with Crippen molar-refractivity contribution >= 4 is 20.9 Å². The lowest BCUT2D eigenvalue weighted by atomic mass is 10.2. The van der Waals surface area contributed by atoms with Gasteiger partial charge in [-0.15, -0.1) is 0 Å². The zero-order valence-electron chi connectivity index (χ0n) is 18.4. The second-order valence-corrected chi connectivity index (χ2v) is 10.2. The summed E-state index contributed by atoms with van der Waals surface area (Å²) in [6.07, 6.45) is 0. The van der Waals surface area contributed by atoms with E-state index in [1.54, 1.807) is 7.05 Å². The fourth-order valence-electron chi connectivity index (χ4n) is 4.31. The number of fused-ring (bicyclic) bond motifs is 2. The van der Waals surface area contributed by atoms with E-state index < -0.39 is 21.3 Å². The molecule has 0 aliphatic carbocycles. The maximum absolute atomic E-state index is 13.3. The molecule has 1 saturated heterocycles. The van der Waals surface area contributed by atoms with Gasteiger partial charge in [0.2, 0.25) is 16.8 Å². The molecule has 2 aliphatic heterocycles. The van der Waals surface area contributed by atoms with Gasteiger partial charge in [-0.05, 0) is 35.9 Å². The second kappa shape index (κ2) is 8.01. The minimum absolute atomic E-state index is 0.0509. The summed E-state index contributed by atoms with van der Waals surface area (Å²) >= 11 is 0. The van der Waals surface area contributed by atoms with E-state index in [9.17, 15) is 18.0 Å². The van der Waals surface area contributed by atoms with E-state index in [2.05, 4.69) is 4.90 Å². The van der Waals surface area contributed by atoms with Crippen molar-refractivity contribution in [1.82, 2.24) is 18.3 Å². The molecule has 0 radical (unpaired) electrons. The normalized spacial score (nSPS) is 17.0.